The van der Waals surface area contributed by atoms with E-state index in [0.717, 1.165) is 0 Å². The summed E-state index contributed by atoms with van der Waals surface area (Å²) in [5.74, 6) is -9.36. The van der Waals surface area contributed by atoms with E-state index in [-0.39, 0.29) is 0 Å². The number of hydrogen-bond donors (Lipinski definition) is 0. The van der Waals surface area contributed by atoms with Crippen LogP contribution in [0.4, 0.5) is 48.3 Å². The molecule has 0 aromatic heterocycles. The lowest BCUT2D eigenvalue weighted by Gasteiger charge is -2.19. The van der Waals surface area contributed by atoms with Crippen LogP contribution >= 0.6 is 0 Å². The minimum Gasteiger partial charge on any atom is -0.287 e. The third kappa shape index (κ3) is 3.91. The predicted molar refractivity (Wildman–Crippen MR) is 51.8 cm³/mol. The van der Waals surface area contributed by atoms with Crippen LogP contribution in [0.3, 0.4) is 0 Å². The third-order valence-corrected chi connectivity index (χ3v) is 2.49. The van der Waals surface area contributed by atoms with Crippen LogP contribution in [0.2, 0.25) is 0 Å². The van der Waals surface area contributed by atoms with Crippen LogP contribution in [0.25, 0.3) is 0 Å². The molecule has 0 saturated heterocycles. The molecule has 0 aliphatic rings. The largest absolute Gasteiger partial charge is 0.461 e. The van der Waals surface area contributed by atoms with Crippen molar-refractivity contribution in [3.05, 3.63) is 34.9 Å². The van der Waals surface area contributed by atoms with Gasteiger partial charge in [0.25, 0.3) is 0 Å². The molecule has 0 atom stereocenters. The Morgan fingerprint density at radius 3 is 1.26 bits per heavy atom. The molecule has 0 fully saturated rings. The number of rotatable bonds is 2. The highest BCUT2D eigenvalue weighted by Gasteiger charge is 2.63. The molecule has 23 heavy (non-hydrogen) atoms. The van der Waals surface area contributed by atoms with Gasteiger partial charge >= 0.3 is 24.5 Å². The monoisotopic (exact) mass is 360 g/mol. The van der Waals surface area contributed by atoms with Gasteiger partial charge in [-0.05, 0) is 18.2 Å². The molecule has 12 heteroatoms. The van der Waals surface area contributed by atoms with Crippen LogP contribution < -0.4 is 0 Å². The first-order chi connectivity index (χ1) is 9.98. The molecule has 0 aliphatic carbocycles. The van der Waals surface area contributed by atoms with Gasteiger partial charge < -0.3 is 0 Å². The summed E-state index contributed by atoms with van der Waals surface area (Å²) in [6.45, 7) is 0. The maximum atomic E-state index is 12.8. The van der Waals surface area contributed by atoms with E-state index in [0.29, 0.717) is 0 Å². The Morgan fingerprint density at radius 1 is 0.652 bits per heavy atom. The van der Waals surface area contributed by atoms with Crippen molar-refractivity contribution in [2.75, 3.05) is 0 Å². The third-order valence-electron chi connectivity index (χ3n) is 2.49. The Balaban J connectivity index is 3.57. The molecule has 0 spiro atoms. The summed E-state index contributed by atoms with van der Waals surface area (Å²) < 4.78 is 136. The van der Waals surface area contributed by atoms with Crippen LogP contribution in [-0.2, 0) is 12.4 Å². The first-order valence-corrected chi connectivity index (χ1v) is 5.26. The molecule has 0 aliphatic heterocycles. The first-order valence-electron chi connectivity index (χ1n) is 5.26. The van der Waals surface area contributed by atoms with Gasteiger partial charge in [-0.1, -0.05) is 0 Å². The second kappa shape index (κ2) is 5.34. The fraction of sp³-hybridized carbons (Fsp3) is 0.364. The summed E-state index contributed by atoms with van der Waals surface area (Å²) in [5, 5.41) is 0. The molecule has 1 nitrogen and oxygen atoms in total. The topological polar surface area (TPSA) is 17.1 Å². The van der Waals surface area contributed by atoms with E-state index in [2.05, 4.69) is 0 Å². The zero-order chi connectivity index (χ0) is 18.4. The van der Waals surface area contributed by atoms with E-state index >= 15 is 0 Å². The molecule has 130 valence electrons. The van der Waals surface area contributed by atoms with Gasteiger partial charge in [-0.2, -0.15) is 48.3 Å². The Hall–Kier alpha value is -1.88. The van der Waals surface area contributed by atoms with E-state index in [1.165, 1.54) is 0 Å². The fourth-order valence-corrected chi connectivity index (χ4v) is 1.40. The van der Waals surface area contributed by atoms with Crippen molar-refractivity contribution in [1.29, 1.82) is 0 Å². The van der Waals surface area contributed by atoms with Gasteiger partial charge in [-0.15, -0.1) is 0 Å². The summed E-state index contributed by atoms with van der Waals surface area (Å²) >= 11 is 0. The van der Waals surface area contributed by atoms with Crippen molar-refractivity contribution in [3.8, 4) is 0 Å². The standard InChI is InChI=1S/C11H3F11O/c12-8(13,11(20,21)22)7(23)4-1-5(9(14,15)16)3-6(2-4)10(17,18)19/h1-3H. The van der Waals surface area contributed by atoms with E-state index in [1.54, 1.807) is 0 Å². The molecular weight excluding hydrogens is 357 g/mol. The molecule has 0 unspecified atom stereocenters. The minimum absolute atomic E-state index is 0.503. The van der Waals surface area contributed by atoms with Crippen molar-refractivity contribution < 1.29 is 53.1 Å². The van der Waals surface area contributed by atoms with Crippen molar-refractivity contribution >= 4 is 5.78 Å². The second-order valence-electron chi connectivity index (χ2n) is 4.20. The molecule has 1 aromatic carbocycles. The molecule has 0 saturated carbocycles. The second-order valence-corrected chi connectivity index (χ2v) is 4.20. The lowest BCUT2D eigenvalue weighted by atomic mass is 9.98. The molecule has 0 N–H and O–H groups in total. The number of carbonyl (C=O) groups is 1. The van der Waals surface area contributed by atoms with Gasteiger partial charge in [0.2, 0.25) is 5.78 Å². The first kappa shape index (κ1) is 19.2. The predicted octanol–water partition coefficient (Wildman–Crippen LogP) is 5.10. The quantitative estimate of drug-likeness (QED) is 0.530. The summed E-state index contributed by atoms with van der Waals surface area (Å²) in [7, 11) is 0. The van der Waals surface area contributed by atoms with E-state index in [1.807, 2.05) is 0 Å². The Morgan fingerprint density at radius 2 is 1.00 bits per heavy atom. The SMILES string of the molecule is O=C(c1cc(C(F)(F)F)cc(C(F)(F)F)c1)C(F)(F)C(F)(F)F. The zero-order valence-corrected chi connectivity index (χ0v) is 10.3. The van der Waals surface area contributed by atoms with Crippen molar-refractivity contribution in [2.24, 2.45) is 0 Å². The summed E-state index contributed by atoms with van der Waals surface area (Å²) in [4.78, 5) is 11.1. The van der Waals surface area contributed by atoms with Crippen molar-refractivity contribution in [2.45, 2.75) is 24.5 Å². The van der Waals surface area contributed by atoms with Crippen LogP contribution in [0.5, 0.6) is 0 Å². The number of Topliss-reactive ketones (excluding diaryl/α,β-unsaturated/α-hetero) is 1. The Labute approximate surface area is 119 Å². The van der Waals surface area contributed by atoms with Gasteiger partial charge in [0.1, 0.15) is 0 Å². The smallest absolute Gasteiger partial charge is 0.287 e. The molecular formula is C11H3F11O. The minimum atomic E-state index is -6.48. The Bertz CT molecular complexity index is 574. The lowest BCUT2D eigenvalue weighted by molar-refractivity contribution is -0.255. The molecule has 0 heterocycles. The van der Waals surface area contributed by atoms with Gasteiger partial charge in [-0.25, -0.2) is 0 Å². The number of carbonyl (C=O) groups excluding carboxylic acids is 1. The summed E-state index contributed by atoms with van der Waals surface area (Å²) in [6.07, 6.45) is -17.5. The highest BCUT2D eigenvalue weighted by Crippen LogP contribution is 2.41. The van der Waals surface area contributed by atoms with E-state index in [9.17, 15) is 53.1 Å². The van der Waals surface area contributed by atoms with Crippen molar-refractivity contribution in [1.82, 2.24) is 0 Å². The molecule has 0 amide bonds. The lowest BCUT2D eigenvalue weighted by Crippen LogP contribution is -2.44. The number of benzene rings is 1. The number of hydrogen-bond acceptors (Lipinski definition) is 1. The molecule has 0 bridgehead atoms. The van der Waals surface area contributed by atoms with Crippen LogP contribution in [-0.4, -0.2) is 17.9 Å². The molecule has 0 radical (unpaired) electrons. The maximum absolute atomic E-state index is 12.8. The van der Waals surface area contributed by atoms with Gasteiger partial charge in [0.05, 0.1) is 11.1 Å². The van der Waals surface area contributed by atoms with E-state index < -0.39 is 65.1 Å². The highest BCUT2D eigenvalue weighted by atomic mass is 19.4. The van der Waals surface area contributed by atoms with Crippen LogP contribution in [0.15, 0.2) is 18.2 Å². The average molecular weight is 360 g/mol. The zero-order valence-electron chi connectivity index (χ0n) is 10.3. The number of alkyl halides is 11. The van der Waals surface area contributed by atoms with E-state index in [4.69, 9.17) is 0 Å². The van der Waals surface area contributed by atoms with Crippen LogP contribution in [0.1, 0.15) is 21.5 Å². The highest BCUT2D eigenvalue weighted by molar-refractivity contribution is 6.02. The molecule has 1 rings (SSSR count). The number of halogens is 11. The molecule has 1 aromatic rings. The summed E-state index contributed by atoms with van der Waals surface area (Å²) in [5.41, 5.74) is -6.43. The van der Waals surface area contributed by atoms with Gasteiger partial charge in [0.15, 0.2) is 0 Å². The fourth-order valence-electron chi connectivity index (χ4n) is 1.40. The van der Waals surface area contributed by atoms with Crippen LogP contribution in [0, 0.1) is 0 Å². The van der Waals surface area contributed by atoms with Gasteiger partial charge in [0, 0.05) is 5.56 Å². The van der Waals surface area contributed by atoms with Crippen molar-refractivity contribution in [3.63, 3.8) is 0 Å². The average Bonchev–Trinajstić information content (AvgIpc) is 2.33. The van der Waals surface area contributed by atoms with Gasteiger partial charge in [-0.3, -0.25) is 4.79 Å². The summed E-state index contributed by atoms with van der Waals surface area (Å²) in [6, 6.07) is -1.52. The maximum Gasteiger partial charge on any atom is 0.461 e. The number of ketones is 1. The Kier molecular flexibility index (Phi) is 4.45. The normalized spacial score (nSPS) is 14.0.